The SMILES string of the molecule is C[C@@H]1CN([C@@H](C)CO)S(=O)(=O)c2ccc(-c3cccc(F)c3)cc2O[C@H]1CN(C)C(=O)Nc1cc(F)ccc1F. The van der Waals surface area contributed by atoms with Gasteiger partial charge in [0.1, 0.15) is 34.2 Å². The van der Waals surface area contributed by atoms with Crippen LogP contribution in [0.15, 0.2) is 65.6 Å². The number of fused-ring (bicyclic) bond motifs is 1. The quantitative estimate of drug-likeness (QED) is 0.443. The summed E-state index contributed by atoms with van der Waals surface area (Å²) in [5, 5.41) is 12.1. The standard InChI is InChI=1S/C28H30F3N3O5S/c1-17-14-34(18(2)16-35)40(37,38)27-10-7-20(19-5-4-6-21(29)11-19)12-25(27)39-26(17)15-33(3)28(36)32-24-13-22(30)8-9-23(24)31/h4-13,17-18,26,35H,14-16H2,1-3H3,(H,32,36)/t17-,18+,26+/m1/s1. The number of halogens is 3. The third-order valence-electron chi connectivity index (χ3n) is 6.80. The van der Waals surface area contributed by atoms with Crippen LogP contribution in [-0.2, 0) is 10.0 Å². The highest BCUT2D eigenvalue weighted by atomic mass is 32.2. The van der Waals surface area contributed by atoms with Crippen molar-refractivity contribution in [1.82, 2.24) is 9.21 Å². The lowest BCUT2D eigenvalue weighted by molar-refractivity contribution is 0.0830. The van der Waals surface area contributed by atoms with E-state index in [0.717, 1.165) is 18.2 Å². The molecule has 2 amide bonds. The van der Waals surface area contributed by atoms with E-state index >= 15 is 0 Å². The van der Waals surface area contributed by atoms with Gasteiger partial charge in [-0.25, -0.2) is 26.4 Å². The van der Waals surface area contributed by atoms with Crippen molar-refractivity contribution in [1.29, 1.82) is 0 Å². The fourth-order valence-electron chi connectivity index (χ4n) is 4.45. The lowest BCUT2D eigenvalue weighted by Crippen LogP contribution is -2.50. The van der Waals surface area contributed by atoms with Crippen molar-refractivity contribution in [2.24, 2.45) is 5.92 Å². The third-order valence-corrected chi connectivity index (χ3v) is 8.82. The van der Waals surface area contributed by atoms with Crippen LogP contribution >= 0.6 is 0 Å². The van der Waals surface area contributed by atoms with Gasteiger partial charge in [-0.15, -0.1) is 0 Å². The first-order chi connectivity index (χ1) is 18.9. The first-order valence-corrected chi connectivity index (χ1v) is 14.0. The Morgan fingerprint density at radius 2 is 1.80 bits per heavy atom. The molecule has 1 aliphatic rings. The molecule has 40 heavy (non-hydrogen) atoms. The Hall–Kier alpha value is -3.61. The van der Waals surface area contributed by atoms with E-state index in [1.165, 1.54) is 46.6 Å². The molecule has 0 spiro atoms. The highest BCUT2D eigenvalue weighted by molar-refractivity contribution is 7.89. The number of likely N-dealkylation sites (N-methyl/N-ethyl adjacent to an activating group) is 1. The molecule has 3 aromatic carbocycles. The average Bonchev–Trinajstić information content (AvgIpc) is 2.91. The van der Waals surface area contributed by atoms with Gasteiger partial charge in [0.2, 0.25) is 10.0 Å². The van der Waals surface area contributed by atoms with Crippen molar-refractivity contribution < 1.29 is 36.2 Å². The lowest BCUT2D eigenvalue weighted by atomic mass is 10.0. The highest BCUT2D eigenvalue weighted by Crippen LogP contribution is 2.36. The minimum absolute atomic E-state index is 0.00145. The molecule has 1 aliphatic heterocycles. The summed E-state index contributed by atoms with van der Waals surface area (Å²) in [5.41, 5.74) is 0.683. The number of hydrogen-bond donors (Lipinski definition) is 2. The fourth-order valence-corrected chi connectivity index (χ4v) is 6.27. The molecule has 8 nitrogen and oxygen atoms in total. The third kappa shape index (κ3) is 6.24. The summed E-state index contributed by atoms with van der Waals surface area (Å²) in [6.07, 6.45) is -0.751. The summed E-state index contributed by atoms with van der Waals surface area (Å²) in [7, 11) is -2.67. The van der Waals surface area contributed by atoms with Crippen LogP contribution in [0.25, 0.3) is 11.1 Å². The van der Waals surface area contributed by atoms with Crippen LogP contribution in [0.2, 0.25) is 0 Å². The molecule has 12 heteroatoms. The smallest absolute Gasteiger partial charge is 0.321 e. The van der Waals surface area contributed by atoms with Crippen molar-refractivity contribution in [3.8, 4) is 16.9 Å². The summed E-state index contributed by atoms with van der Waals surface area (Å²) in [5.74, 6) is -2.47. The van der Waals surface area contributed by atoms with Crippen LogP contribution in [0.1, 0.15) is 13.8 Å². The predicted molar refractivity (Wildman–Crippen MR) is 144 cm³/mol. The number of anilines is 1. The van der Waals surface area contributed by atoms with E-state index < -0.39 is 58.2 Å². The van der Waals surface area contributed by atoms with Crippen LogP contribution in [0.3, 0.4) is 0 Å². The van der Waals surface area contributed by atoms with E-state index in [9.17, 15) is 31.5 Å². The zero-order chi connectivity index (χ0) is 29.2. The van der Waals surface area contributed by atoms with Gasteiger partial charge >= 0.3 is 6.03 Å². The van der Waals surface area contributed by atoms with E-state index in [4.69, 9.17) is 4.74 Å². The Kier molecular flexibility index (Phi) is 8.71. The van der Waals surface area contributed by atoms with Crippen LogP contribution < -0.4 is 10.1 Å². The van der Waals surface area contributed by atoms with Crippen molar-refractivity contribution >= 4 is 21.7 Å². The fraction of sp³-hybridized carbons (Fsp3) is 0.321. The summed E-state index contributed by atoms with van der Waals surface area (Å²) < 4.78 is 76.3. The number of hydrogen-bond acceptors (Lipinski definition) is 5. The molecule has 0 aromatic heterocycles. The number of urea groups is 1. The molecule has 214 valence electrons. The second-order valence-electron chi connectivity index (χ2n) is 9.85. The van der Waals surface area contributed by atoms with E-state index in [0.29, 0.717) is 11.1 Å². The molecule has 0 unspecified atom stereocenters. The molecule has 1 heterocycles. The Morgan fingerprint density at radius 1 is 1.10 bits per heavy atom. The Balaban J connectivity index is 1.69. The zero-order valence-corrected chi connectivity index (χ0v) is 23.0. The molecule has 0 saturated carbocycles. The summed E-state index contributed by atoms with van der Waals surface area (Å²) in [4.78, 5) is 13.9. The van der Waals surface area contributed by atoms with E-state index in [1.54, 1.807) is 26.0 Å². The van der Waals surface area contributed by atoms with Crippen LogP contribution in [-0.4, -0.2) is 67.7 Å². The predicted octanol–water partition coefficient (Wildman–Crippen LogP) is 4.70. The number of sulfonamides is 1. The number of nitrogens with one attached hydrogen (secondary N) is 1. The number of carbonyl (C=O) groups excluding carboxylic acids is 1. The number of nitrogens with zero attached hydrogens (tertiary/aromatic N) is 2. The monoisotopic (exact) mass is 577 g/mol. The van der Waals surface area contributed by atoms with Crippen LogP contribution in [0, 0.1) is 23.4 Å². The number of benzene rings is 3. The van der Waals surface area contributed by atoms with Crippen LogP contribution in [0.4, 0.5) is 23.7 Å². The van der Waals surface area contributed by atoms with Gasteiger partial charge in [-0.05, 0) is 54.4 Å². The first kappa shape index (κ1) is 29.4. The minimum Gasteiger partial charge on any atom is -0.487 e. The van der Waals surface area contributed by atoms with Gasteiger partial charge in [0.05, 0.1) is 18.8 Å². The number of amides is 2. The Morgan fingerprint density at radius 3 is 2.50 bits per heavy atom. The molecule has 0 saturated heterocycles. The maximum absolute atomic E-state index is 14.1. The molecule has 3 atom stereocenters. The van der Waals surface area contributed by atoms with Crippen molar-refractivity contribution in [2.45, 2.75) is 30.9 Å². The van der Waals surface area contributed by atoms with Gasteiger partial charge in [0, 0.05) is 31.6 Å². The Bertz CT molecular complexity index is 1500. The van der Waals surface area contributed by atoms with Gasteiger partial charge in [0.15, 0.2) is 0 Å². The molecule has 4 rings (SSSR count). The highest BCUT2D eigenvalue weighted by Gasteiger charge is 2.38. The molecule has 0 fully saturated rings. The van der Waals surface area contributed by atoms with Crippen molar-refractivity contribution in [2.75, 3.05) is 32.1 Å². The second-order valence-corrected chi connectivity index (χ2v) is 11.7. The van der Waals surface area contributed by atoms with Gasteiger partial charge in [-0.2, -0.15) is 4.31 Å². The number of aliphatic hydroxyl groups excluding tert-OH is 1. The van der Waals surface area contributed by atoms with E-state index in [1.807, 2.05) is 0 Å². The van der Waals surface area contributed by atoms with Crippen molar-refractivity contribution in [3.05, 3.63) is 78.1 Å². The first-order valence-electron chi connectivity index (χ1n) is 12.6. The van der Waals surface area contributed by atoms with Gasteiger partial charge in [-0.1, -0.05) is 25.1 Å². The topological polar surface area (TPSA) is 99.2 Å². The molecule has 0 radical (unpaired) electrons. The van der Waals surface area contributed by atoms with E-state index in [-0.39, 0.29) is 29.4 Å². The van der Waals surface area contributed by atoms with E-state index in [2.05, 4.69) is 5.32 Å². The molecule has 3 aromatic rings. The van der Waals surface area contributed by atoms with Gasteiger partial charge in [-0.3, -0.25) is 0 Å². The molecule has 0 aliphatic carbocycles. The van der Waals surface area contributed by atoms with Crippen LogP contribution in [0.5, 0.6) is 5.75 Å². The van der Waals surface area contributed by atoms with Crippen molar-refractivity contribution in [3.63, 3.8) is 0 Å². The molecular weight excluding hydrogens is 547 g/mol. The largest absolute Gasteiger partial charge is 0.487 e. The van der Waals surface area contributed by atoms with Gasteiger partial charge in [0.25, 0.3) is 0 Å². The summed E-state index contributed by atoms with van der Waals surface area (Å²) >= 11 is 0. The maximum atomic E-state index is 14.1. The maximum Gasteiger partial charge on any atom is 0.321 e. The molecular formula is C28H30F3N3O5S. The second kappa shape index (κ2) is 11.9. The minimum atomic E-state index is -4.11. The Labute approximate surface area is 231 Å². The normalized spacial score (nSPS) is 19.5. The summed E-state index contributed by atoms with van der Waals surface area (Å²) in [6.45, 7) is 2.84. The molecule has 2 N–H and O–H groups in total. The average molecular weight is 578 g/mol. The molecule has 0 bridgehead atoms. The summed E-state index contributed by atoms with van der Waals surface area (Å²) in [6, 6.07) is 11.4. The lowest BCUT2D eigenvalue weighted by Gasteiger charge is -2.37. The van der Waals surface area contributed by atoms with Gasteiger partial charge < -0.3 is 20.1 Å². The number of aliphatic hydroxyl groups is 1. The number of ether oxygens (including phenoxy) is 1. The number of rotatable bonds is 6. The number of carbonyl (C=O) groups is 1. The zero-order valence-electron chi connectivity index (χ0n) is 22.1.